The molecule has 0 heterocycles. The van der Waals surface area contributed by atoms with Crippen molar-refractivity contribution in [1.29, 1.82) is 0 Å². The van der Waals surface area contributed by atoms with Crippen molar-refractivity contribution in [2.75, 3.05) is 13.7 Å². The van der Waals surface area contributed by atoms with E-state index in [1.54, 1.807) is 24.3 Å². The van der Waals surface area contributed by atoms with Crippen molar-refractivity contribution in [2.24, 2.45) is 0 Å². The minimum Gasteiger partial charge on any atom is -0.497 e. The van der Waals surface area contributed by atoms with Crippen LogP contribution in [-0.4, -0.2) is 30.6 Å². The number of carbonyl (C=O) groups excluding carboxylic acids is 2. The summed E-state index contributed by atoms with van der Waals surface area (Å²) in [6.07, 6.45) is 0. The number of thiocarbonyl (C=S) groups is 1. The van der Waals surface area contributed by atoms with E-state index in [1.165, 1.54) is 7.11 Å². The topological polar surface area (TPSA) is 88.7 Å². The van der Waals surface area contributed by atoms with Gasteiger partial charge in [0, 0.05) is 10.0 Å². The van der Waals surface area contributed by atoms with Crippen molar-refractivity contribution in [1.82, 2.24) is 16.2 Å². The van der Waals surface area contributed by atoms with Gasteiger partial charge < -0.3 is 9.47 Å². The number of nitrogens with one attached hydrogen (secondary N) is 3. The number of ether oxygens (including phenoxy) is 2. The zero-order chi connectivity index (χ0) is 20.7. The lowest BCUT2D eigenvalue weighted by Gasteiger charge is -2.13. The Bertz CT molecular complexity index is 868. The second kappa shape index (κ2) is 10.4. The molecule has 3 N–H and O–H groups in total. The highest BCUT2D eigenvalue weighted by Gasteiger charge is 2.11. The fourth-order valence-electron chi connectivity index (χ4n) is 2.12. The second-order valence-corrected chi connectivity index (χ2v) is 7.69. The molecule has 0 aliphatic rings. The van der Waals surface area contributed by atoms with E-state index >= 15 is 0 Å². The first-order chi connectivity index (χ1) is 13.3. The molecule has 0 radical (unpaired) electrons. The lowest BCUT2D eigenvalue weighted by atomic mass is 10.2. The highest BCUT2D eigenvalue weighted by molar-refractivity contribution is 9.11. The van der Waals surface area contributed by atoms with Crippen molar-refractivity contribution in [2.45, 2.75) is 6.92 Å². The molecule has 10 heteroatoms. The van der Waals surface area contributed by atoms with Crippen LogP contribution in [-0.2, 0) is 4.79 Å². The van der Waals surface area contributed by atoms with Crippen LogP contribution in [0.3, 0.4) is 0 Å². The van der Waals surface area contributed by atoms with Gasteiger partial charge in [0.15, 0.2) is 11.7 Å². The van der Waals surface area contributed by atoms with Crippen LogP contribution in [0, 0.1) is 6.92 Å². The van der Waals surface area contributed by atoms with Gasteiger partial charge in [0.2, 0.25) is 0 Å². The van der Waals surface area contributed by atoms with Crippen LogP contribution in [0.15, 0.2) is 45.3 Å². The standard InChI is InChI=1S/C18H17Br2N3O4S/c1-10-7-12(19)8-14(20)16(10)27-9-15(24)22-23-18(28)21-17(25)11-3-5-13(26-2)6-4-11/h3-8H,9H2,1-2H3,(H,22,24)(H2,21,23,25,28). The Morgan fingerprint density at radius 1 is 1.11 bits per heavy atom. The highest BCUT2D eigenvalue weighted by Crippen LogP contribution is 2.32. The zero-order valence-electron chi connectivity index (χ0n) is 15.0. The Morgan fingerprint density at radius 3 is 2.39 bits per heavy atom. The molecule has 0 atom stereocenters. The maximum atomic E-state index is 12.1. The van der Waals surface area contributed by atoms with Crippen LogP contribution in [0.4, 0.5) is 0 Å². The van der Waals surface area contributed by atoms with E-state index in [-0.39, 0.29) is 11.7 Å². The summed E-state index contributed by atoms with van der Waals surface area (Å²) in [5.74, 6) is 0.321. The lowest BCUT2D eigenvalue weighted by molar-refractivity contribution is -0.123. The van der Waals surface area contributed by atoms with E-state index in [0.717, 1.165) is 14.5 Å². The molecule has 0 saturated heterocycles. The van der Waals surface area contributed by atoms with E-state index in [9.17, 15) is 9.59 Å². The van der Waals surface area contributed by atoms with Crippen LogP contribution in [0.1, 0.15) is 15.9 Å². The number of rotatable bonds is 5. The zero-order valence-corrected chi connectivity index (χ0v) is 19.0. The van der Waals surface area contributed by atoms with Gasteiger partial charge in [-0.25, -0.2) is 0 Å². The Balaban J connectivity index is 1.79. The molecule has 2 amide bonds. The molecule has 0 spiro atoms. The molecule has 0 bridgehead atoms. The first-order valence-electron chi connectivity index (χ1n) is 7.93. The van der Waals surface area contributed by atoms with Gasteiger partial charge in [0.1, 0.15) is 11.5 Å². The van der Waals surface area contributed by atoms with Gasteiger partial charge in [-0.3, -0.25) is 25.8 Å². The predicted molar refractivity (Wildman–Crippen MR) is 116 cm³/mol. The van der Waals surface area contributed by atoms with E-state index < -0.39 is 11.8 Å². The van der Waals surface area contributed by atoms with Crippen molar-refractivity contribution in [3.63, 3.8) is 0 Å². The third kappa shape index (κ3) is 6.47. The van der Waals surface area contributed by atoms with Gasteiger partial charge in [0.05, 0.1) is 11.6 Å². The summed E-state index contributed by atoms with van der Waals surface area (Å²) in [5, 5.41) is 2.41. The van der Waals surface area contributed by atoms with Crippen molar-refractivity contribution < 1.29 is 19.1 Å². The summed E-state index contributed by atoms with van der Waals surface area (Å²) >= 11 is 11.8. The Morgan fingerprint density at radius 2 is 1.79 bits per heavy atom. The Labute approximate surface area is 184 Å². The van der Waals surface area contributed by atoms with Crippen LogP contribution in [0.25, 0.3) is 0 Å². The van der Waals surface area contributed by atoms with Crippen LogP contribution in [0.5, 0.6) is 11.5 Å². The number of hydrogen-bond acceptors (Lipinski definition) is 5. The van der Waals surface area contributed by atoms with Gasteiger partial charge in [-0.2, -0.15) is 0 Å². The number of amides is 2. The fraction of sp³-hybridized carbons (Fsp3) is 0.167. The third-order valence-corrected chi connectivity index (χ3v) is 4.69. The van der Waals surface area contributed by atoms with Crippen LogP contribution < -0.4 is 25.6 Å². The lowest BCUT2D eigenvalue weighted by Crippen LogP contribution is -2.49. The molecule has 0 aliphatic carbocycles. The van der Waals surface area contributed by atoms with E-state index in [0.29, 0.717) is 17.1 Å². The summed E-state index contributed by atoms with van der Waals surface area (Å²) in [6, 6.07) is 10.2. The van der Waals surface area contributed by atoms with E-state index in [2.05, 4.69) is 48.0 Å². The van der Waals surface area contributed by atoms with Crippen molar-refractivity contribution >= 4 is 61.0 Å². The molecule has 0 aromatic heterocycles. The molecule has 0 saturated carbocycles. The number of hydrazine groups is 1. The smallest absolute Gasteiger partial charge is 0.276 e. The number of halogens is 2. The molecule has 0 aliphatic heterocycles. The van der Waals surface area contributed by atoms with E-state index in [4.69, 9.17) is 21.7 Å². The highest BCUT2D eigenvalue weighted by atomic mass is 79.9. The molecule has 2 rings (SSSR count). The second-order valence-electron chi connectivity index (χ2n) is 5.51. The Hall–Kier alpha value is -2.17. The average Bonchev–Trinajstić information content (AvgIpc) is 2.65. The summed E-state index contributed by atoms with van der Waals surface area (Å²) in [5.41, 5.74) is 6.08. The van der Waals surface area contributed by atoms with Gasteiger partial charge in [-0.05, 0) is 77.0 Å². The summed E-state index contributed by atoms with van der Waals surface area (Å²) < 4.78 is 12.2. The molecule has 7 nitrogen and oxygen atoms in total. The monoisotopic (exact) mass is 529 g/mol. The van der Waals surface area contributed by atoms with Crippen LogP contribution >= 0.6 is 44.1 Å². The summed E-state index contributed by atoms with van der Waals surface area (Å²) in [6.45, 7) is 1.63. The number of methoxy groups -OCH3 is 1. The molecule has 2 aromatic carbocycles. The van der Waals surface area contributed by atoms with E-state index in [1.807, 2.05) is 19.1 Å². The number of benzene rings is 2. The van der Waals surface area contributed by atoms with Gasteiger partial charge in [-0.1, -0.05) is 15.9 Å². The van der Waals surface area contributed by atoms with Gasteiger partial charge in [-0.15, -0.1) is 0 Å². The summed E-state index contributed by atoms with van der Waals surface area (Å²) in [4.78, 5) is 24.0. The Kier molecular flexibility index (Phi) is 8.21. The molecule has 28 heavy (non-hydrogen) atoms. The SMILES string of the molecule is COc1ccc(C(=O)NC(=S)NNC(=O)COc2c(C)cc(Br)cc2Br)cc1. The average molecular weight is 531 g/mol. The summed E-state index contributed by atoms with van der Waals surface area (Å²) in [7, 11) is 1.54. The van der Waals surface area contributed by atoms with Gasteiger partial charge >= 0.3 is 0 Å². The first-order valence-corrected chi connectivity index (χ1v) is 9.92. The van der Waals surface area contributed by atoms with Gasteiger partial charge in [0.25, 0.3) is 11.8 Å². The molecular formula is C18H17Br2N3O4S. The minimum absolute atomic E-state index is 0.0461. The molecule has 0 unspecified atom stereocenters. The quantitative estimate of drug-likeness (QED) is 0.406. The molecule has 148 valence electrons. The molecule has 2 aromatic rings. The van der Waals surface area contributed by atoms with Crippen LogP contribution in [0.2, 0.25) is 0 Å². The minimum atomic E-state index is -0.463. The largest absolute Gasteiger partial charge is 0.497 e. The maximum absolute atomic E-state index is 12.1. The fourth-order valence-corrected chi connectivity index (χ4v) is 3.82. The predicted octanol–water partition coefficient (Wildman–Crippen LogP) is 3.24. The normalized spacial score (nSPS) is 10.0. The first kappa shape index (κ1) is 22.1. The maximum Gasteiger partial charge on any atom is 0.276 e. The molecular weight excluding hydrogens is 514 g/mol. The van der Waals surface area contributed by atoms with Crippen molar-refractivity contribution in [3.8, 4) is 11.5 Å². The number of carbonyl (C=O) groups is 2. The van der Waals surface area contributed by atoms with Crippen molar-refractivity contribution in [3.05, 3.63) is 56.5 Å². The third-order valence-electron chi connectivity index (χ3n) is 3.44. The number of hydrogen-bond donors (Lipinski definition) is 3. The molecule has 0 fully saturated rings. The number of aryl methyl sites for hydroxylation is 1.